The van der Waals surface area contributed by atoms with Crippen LogP contribution in [0.3, 0.4) is 0 Å². The Morgan fingerprint density at radius 2 is 2.35 bits per heavy atom. The molecule has 0 radical (unpaired) electrons. The summed E-state index contributed by atoms with van der Waals surface area (Å²) in [5.74, 6) is 0.348. The number of nitrogens with zero attached hydrogens (tertiary/aromatic N) is 4. The highest BCUT2D eigenvalue weighted by atomic mass is 16.2. The fourth-order valence-electron chi connectivity index (χ4n) is 1.42. The van der Waals surface area contributed by atoms with Gasteiger partial charge in [-0.2, -0.15) is 10.2 Å². The number of amides is 1. The van der Waals surface area contributed by atoms with Gasteiger partial charge in [-0.1, -0.05) is 0 Å². The number of hydrogen-bond donors (Lipinski definition) is 2. The molecule has 1 amide bonds. The third-order valence-electron chi connectivity index (χ3n) is 2.34. The number of nitrogens with one attached hydrogen (secondary N) is 1. The number of anilines is 2. The van der Waals surface area contributed by atoms with Gasteiger partial charge in [-0.3, -0.25) is 14.2 Å². The number of nitrogen functional groups attached to an aromatic ring is 1. The van der Waals surface area contributed by atoms with Crippen LogP contribution in [0.2, 0.25) is 0 Å². The summed E-state index contributed by atoms with van der Waals surface area (Å²) in [7, 11) is 1.82. The highest BCUT2D eigenvalue weighted by molar-refractivity contribution is 5.89. The molecular formula is C10H14N6O. The third kappa shape index (κ3) is 2.63. The van der Waals surface area contributed by atoms with Crippen LogP contribution in [0.5, 0.6) is 0 Å². The van der Waals surface area contributed by atoms with Crippen molar-refractivity contribution in [1.82, 2.24) is 19.6 Å². The van der Waals surface area contributed by atoms with E-state index in [4.69, 9.17) is 5.73 Å². The number of rotatable bonds is 3. The largest absolute Gasteiger partial charge is 0.396 e. The van der Waals surface area contributed by atoms with Gasteiger partial charge in [0.05, 0.1) is 11.9 Å². The molecule has 0 aromatic carbocycles. The van der Waals surface area contributed by atoms with Gasteiger partial charge in [0.1, 0.15) is 6.54 Å². The minimum absolute atomic E-state index is 0.118. The molecule has 0 saturated carbocycles. The predicted molar refractivity (Wildman–Crippen MR) is 63.2 cm³/mol. The summed E-state index contributed by atoms with van der Waals surface area (Å²) >= 11 is 0. The highest BCUT2D eigenvalue weighted by Gasteiger charge is 2.07. The maximum Gasteiger partial charge on any atom is 0.247 e. The fraction of sp³-hybridized carbons (Fsp3) is 0.300. The summed E-state index contributed by atoms with van der Waals surface area (Å²) < 4.78 is 3.17. The topological polar surface area (TPSA) is 90.8 Å². The molecule has 17 heavy (non-hydrogen) atoms. The number of aryl methyl sites for hydroxylation is 2. The summed E-state index contributed by atoms with van der Waals surface area (Å²) in [5.41, 5.74) is 7.01. The Balaban J connectivity index is 1.97. The predicted octanol–water partition coefficient (Wildman–Crippen LogP) is 0.146. The maximum atomic E-state index is 11.6. The van der Waals surface area contributed by atoms with E-state index in [0.717, 1.165) is 5.69 Å². The molecule has 0 unspecified atom stereocenters. The van der Waals surface area contributed by atoms with Crippen molar-refractivity contribution >= 4 is 17.4 Å². The second kappa shape index (κ2) is 4.28. The van der Waals surface area contributed by atoms with Gasteiger partial charge in [-0.05, 0) is 6.92 Å². The number of carbonyl (C=O) groups is 1. The molecule has 7 heteroatoms. The van der Waals surface area contributed by atoms with Gasteiger partial charge in [0, 0.05) is 25.0 Å². The quantitative estimate of drug-likeness (QED) is 0.790. The Morgan fingerprint density at radius 3 is 2.88 bits per heavy atom. The average Bonchev–Trinajstić information content (AvgIpc) is 2.75. The zero-order chi connectivity index (χ0) is 12.4. The Kier molecular flexibility index (Phi) is 2.82. The van der Waals surface area contributed by atoms with Crippen LogP contribution < -0.4 is 11.1 Å². The van der Waals surface area contributed by atoms with Gasteiger partial charge in [0.25, 0.3) is 0 Å². The summed E-state index contributed by atoms with van der Waals surface area (Å²) in [5, 5.41) is 10.7. The Hall–Kier alpha value is -2.31. The molecular weight excluding hydrogens is 220 g/mol. The van der Waals surface area contributed by atoms with Crippen LogP contribution in [0.25, 0.3) is 0 Å². The first-order valence-electron chi connectivity index (χ1n) is 5.13. The summed E-state index contributed by atoms with van der Waals surface area (Å²) in [6.07, 6.45) is 3.10. The molecule has 0 aliphatic heterocycles. The van der Waals surface area contributed by atoms with E-state index >= 15 is 0 Å². The molecule has 2 aromatic heterocycles. The van der Waals surface area contributed by atoms with E-state index < -0.39 is 0 Å². The minimum Gasteiger partial charge on any atom is -0.396 e. The molecule has 2 heterocycles. The van der Waals surface area contributed by atoms with Crippen molar-refractivity contribution in [2.75, 3.05) is 11.1 Å². The Bertz CT molecular complexity index is 521. The van der Waals surface area contributed by atoms with Crippen LogP contribution in [0.4, 0.5) is 11.5 Å². The molecule has 0 fully saturated rings. The van der Waals surface area contributed by atoms with E-state index in [0.29, 0.717) is 11.5 Å². The Labute approximate surface area is 98.2 Å². The molecule has 0 aliphatic carbocycles. The lowest BCUT2D eigenvalue weighted by Crippen LogP contribution is -2.19. The van der Waals surface area contributed by atoms with Crippen molar-refractivity contribution in [3.63, 3.8) is 0 Å². The fourth-order valence-corrected chi connectivity index (χ4v) is 1.42. The van der Waals surface area contributed by atoms with Crippen LogP contribution in [-0.4, -0.2) is 25.5 Å². The van der Waals surface area contributed by atoms with E-state index in [-0.39, 0.29) is 12.5 Å². The van der Waals surface area contributed by atoms with Crippen LogP contribution in [-0.2, 0) is 18.4 Å². The first-order chi connectivity index (χ1) is 8.04. The second-order valence-corrected chi connectivity index (χ2v) is 3.81. The lowest BCUT2D eigenvalue weighted by molar-refractivity contribution is -0.116. The standard InChI is InChI=1S/C10H14N6O/c1-7-3-9(14-15(7)2)13-10(17)6-16-5-8(11)4-12-16/h3-5H,6,11H2,1-2H3,(H,13,14,17). The van der Waals surface area contributed by atoms with Crippen LogP contribution in [0, 0.1) is 6.92 Å². The normalized spacial score (nSPS) is 10.5. The molecule has 0 aliphatic rings. The number of carbonyl (C=O) groups excluding carboxylic acids is 1. The molecule has 0 bridgehead atoms. The second-order valence-electron chi connectivity index (χ2n) is 3.81. The summed E-state index contributed by atoms with van der Waals surface area (Å²) in [6.45, 7) is 2.03. The molecule has 7 nitrogen and oxygen atoms in total. The van der Waals surface area contributed by atoms with E-state index in [1.807, 2.05) is 14.0 Å². The molecule has 0 saturated heterocycles. The van der Waals surface area contributed by atoms with Crippen molar-refractivity contribution < 1.29 is 4.79 Å². The van der Waals surface area contributed by atoms with Crippen LogP contribution >= 0.6 is 0 Å². The van der Waals surface area contributed by atoms with Crippen molar-refractivity contribution in [3.8, 4) is 0 Å². The SMILES string of the molecule is Cc1cc(NC(=O)Cn2cc(N)cn2)nn1C. The minimum atomic E-state index is -0.189. The summed E-state index contributed by atoms with van der Waals surface area (Å²) in [4.78, 5) is 11.6. The van der Waals surface area contributed by atoms with Gasteiger partial charge < -0.3 is 11.1 Å². The molecule has 90 valence electrons. The maximum absolute atomic E-state index is 11.6. The van der Waals surface area contributed by atoms with E-state index in [9.17, 15) is 4.79 Å². The van der Waals surface area contributed by atoms with Gasteiger partial charge in [0.15, 0.2) is 5.82 Å². The Morgan fingerprint density at radius 1 is 1.59 bits per heavy atom. The molecule has 0 atom stereocenters. The number of hydrogen-bond acceptors (Lipinski definition) is 4. The van der Waals surface area contributed by atoms with Crippen molar-refractivity contribution in [2.45, 2.75) is 13.5 Å². The smallest absolute Gasteiger partial charge is 0.247 e. The van der Waals surface area contributed by atoms with Crippen molar-refractivity contribution in [1.29, 1.82) is 0 Å². The lowest BCUT2D eigenvalue weighted by atomic mass is 10.4. The third-order valence-corrected chi connectivity index (χ3v) is 2.34. The van der Waals surface area contributed by atoms with Crippen LogP contribution in [0.1, 0.15) is 5.69 Å². The molecule has 0 spiro atoms. The zero-order valence-corrected chi connectivity index (χ0v) is 9.71. The zero-order valence-electron chi connectivity index (χ0n) is 9.71. The van der Waals surface area contributed by atoms with Crippen LogP contribution in [0.15, 0.2) is 18.5 Å². The molecule has 2 aromatic rings. The first-order valence-corrected chi connectivity index (χ1v) is 5.13. The van der Waals surface area contributed by atoms with E-state index in [1.165, 1.54) is 10.9 Å². The molecule has 2 rings (SSSR count). The number of nitrogens with two attached hydrogens (primary N) is 1. The monoisotopic (exact) mass is 234 g/mol. The van der Waals surface area contributed by atoms with Gasteiger partial charge in [0.2, 0.25) is 5.91 Å². The van der Waals surface area contributed by atoms with Gasteiger partial charge in [-0.15, -0.1) is 0 Å². The molecule has 3 N–H and O–H groups in total. The first kappa shape index (κ1) is 11.2. The van der Waals surface area contributed by atoms with Crippen molar-refractivity contribution in [3.05, 3.63) is 24.2 Å². The number of aromatic nitrogens is 4. The van der Waals surface area contributed by atoms with Gasteiger partial charge >= 0.3 is 0 Å². The van der Waals surface area contributed by atoms with E-state index in [1.54, 1.807) is 16.9 Å². The van der Waals surface area contributed by atoms with E-state index in [2.05, 4.69) is 15.5 Å². The van der Waals surface area contributed by atoms with Gasteiger partial charge in [-0.25, -0.2) is 0 Å². The highest BCUT2D eigenvalue weighted by Crippen LogP contribution is 2.07. The summed E-state index contributed by atoms with van der Waals surface area (Å²) in [6, 6.07) is 1.80. The van der Waals surface area contributed by atoms with Crippen molar-refractivity contribution in [2.24, 2.45) is 7.05 Å². The lowest BCUT2D eigenvalue weighted by Gasteiger charge is -2.01. The average molecular weight is 234 g/mol.